The summed E-state index contributed by atoms with van der Waals surface area (Å²) in [6, 6.07) is -0.873. The number of nitrogens with one attached hydrogen (secondary N) is 1. The number of carboxylic acid groups (broad SMARTS) is 1. The van der Waals surface area contributed by atoms with E-state index < -0.39 is 12.0 Å². The summed E-state index contributed by atoms with van der Waals surface area (Å²) in [4.78, 5) is 36.0. The smallest absolute Gasteiger partial charge is 0.326 e. The lowest BCUT2D eigenvalue weighted by atomic mass is 10.1. The van der Waals surface area contributed by atoms with Crippen molar-refractivity contribution in [3.63, 3.8) is 0 Å². The summed E-state index contributed by atoms with van der Waals surface area (Å²) < 4.78 is 5.82. The van der Waals surface area contributed by atoms with Gasteiger partial charge in [-0.1, -0.05) is 132 Å². The lowest BCUT2D eigenvalue weighted by molar-refractivity contribution is -0.147. The Morgan fingerprint density at radius 1 is 0.608 bits per heavy atom. The van der Waals surface area contributed by atoms with Gasteiger partial charge in [0, 0.05) is 12.8 Å². The van der Waals surface area contributed by atoms with E-state index in [1.54, 1.807) is 0 Å². The van der Waals surface area contributed by atoms with Crippen LogP contribution < -0.4 is 11.1 Å². The predicted molar refractivity (Wildman–Crippen MR) is 215 cm³/mol. The van der Waals surface area contributed by atoms with Crippen molar-refractivity contribution in [2.45, 2.75) is 180 Å². The molecule has 1 amide bonds. The van der Waals surface area contributed by atoms with Crippen LogP contribution in [-0.2, 0) is 19.1 Å². The van der Waals surface area contributed by atoms with Gasteiger partial charge >= 0.3 is 11.9 Å². The minimum Gasteiger partial charge on any atom is -0.480 e. The van der Waals surface area contributed by atoms with Crippen molar-refractivity contribution in [3.8, 4) is 0 Å². The van der Waals surface area contributed by atoms with Crippen LogP contribution in [0.5, 0.6) is 0 Å². The van der Waals surface area contributed by atoms with Gasteiger partial charge in [0.1, 0.15) is 12.1 Å². The molecule has 2 unspecified atom stereocenters. The van der Waals surface area contributed by atoms with Gasteiger partial charge in [-0.25, -0.2) is 4.79 Å². The maximum atomic E-state index is 12.5. The third-order valence-corrected chi connectivity index (χ3v) is 8.47. The van der Waals surface area contributed by atoms with Crippen LogP contribution >= 0.6 is 0 Å². The summed E-state index contributed by atoms with van der Waals surface area (Å²) in [7, 11) is 0. The SMILES string of the molecule is CC/C=C\C/C=C\C/C=C\C/C=C\C/C=C\CCCCCCCCCC(=O)OC(/C=C\CCC)CCCCCCC(=O)NC(CCCN)C(=O)O. The molecule has 0 aliphatic carbocycles. The van der Waals surface area contributed by atoms with E-state index in [2.05, 4.69) is 86.0 Å². The van der Waals surface area contributed by atoms with Crippen molar-refractivity contribution in [1.82, 2.24) is 5.32 Å². The molecule has 0 fully saturated rings. The molecule has 2 atom stereocenters. The average molecular weight is 711 g/mol. The molecule has 0 bridgehead atoms. The minimum atomic E-state index is -1.02. The summed E-state index contributed by atoms with van der Waals surface area (Å²) in [5.41, 5.74) is 5.46. The lowest BCUT2D eigenvalue weighted by Gasteiger charge is -2.15. The van der Waals surface area contributed by atoms with Crippen LogP contribution in [0.15, 0.2) is 72.9 Å². The number of esters is 1. The van der Waals surface area contributed by atoms with E-state index in [1.807, 2.05) is 6.08 Å². The van der Waals surface area contributed by atoms with E-state index in [0.717, 1.165) is 96.3 Å². The van der Waals surface area contributed by atoms with E-state index >= 15 is 0 Å². The van der Waals surface area contributed by atoms with Gasteiger partial charge in [-0.05, 0) is 103 Å². The zero-order valence-corrected chi connectivity index (χ0v) is 32.4. The summed E-state index contributed by atoms with van der Waals surface area (Å²) >= 11 is 0. The number of rotatable bonds is 35. The monoisotopic (exact) mass is 711 g/mol. The number of amides is 1. The van der Waals surface area contributed by atoms with E-state index in [-0.39, 0.29) is 18.0 Å². The number of unbranched alkanes of at least 4 members (excludes halogenated alkanes) is 11. The number of carboxylic acids is 1. The second kappa shape index (κ2) is 38.1. The highest BCUT2D eigenvalue weighted by Crippen LogP contribution is 2.15. The largest absolute Gasteiger partial charge is 0.480 e. The Balaban J connectivity index is 3.94. The number of nitrogens with two attached hydrogens (primary N) is 1. The van der Waals surface area contributed by atoms with Crippen LogP contribution in [0.2, 0.25) is 0 Å². The molecule has 51 heavy (non-hydrogen) atoms. The van der Waals surface area contributed by atoms with Gasteiger partial charge in [0.2, 0.25) is 5.91 Å². The van der Waals surface area contributed by atoms with Gasteiger partial charge in [0.05, 0.1) is 0 Å². The molecule has 0 aromatic carbocycles. The van der Waals surface area contributed by atoms with Gasteiger partial charge in [-0.3, -0.25) is 9.59 Å². The fourth-order valence-corrected chi connectivity index (χ4v) is 5.45. The number of hydrogen-bond donors (Lipinski definition) is 3. The van der Waals surface area contributed by atoms with Crippen LogP contribution in [0.4, 0.5) is 0 Å². The van der Waals surface area contributed by atoms with E-state index in [1.165, 1.54) is 25.7 Å². The number of carbonyl (C=O) groups is 3. The molecule has 0 aromatic heterocycles. The first-order valence-electron chi connectivity index (χ1n) is 20.3. The zero-order chi connectivity index (χ0) is 37.5. The maximum absolute atomic E-state index is 12.5. The molecule has 4 N–H and O–H groups in total. The quantitative estimate of drug-likeness (QED) is 0.0342. The molecule has 0 saturated carbocycles. The summed E-state index contributed by atoms with van der Waals surface area (Å²) in [6.07, 6.45) is 48.6. The molecular weight excluding hydrogens is 636 g/mol. The summed E-state index contributed by atoms with van der Waals surface area (Å²) in [6.45, 7) is 4.69. The fraction of sp³-hybridized carbons (Fsp3) is 0.659. The van der Waals surface area contributed by atoms with Gasteiger partial charge in [-0.2, -0.15) is 0 Å². The van der Waals surface area contributed by atoms with E-state index in [4.69, 9.17) is 10.5 Å². The normalized spacial score (nSPS) is 13.5. The van der Waals surface area contributed by atoms with Gasteiger partial charge in [0.25, 0.3) is 0 Å². The first-order chi connectivity index (χ1) is 24.9. The Morgan fingerprint density at radius 2 is 1.14 bits per heavy atom. The molecule has 0 aliphatic rings. The van der Waals surface area contributed by atoms with Gasteiger partial charge in [0.15, 0.2) is 0 Å². The number of allylic oxidation sites excluding steroid dienone is 11. The van der Waals surface area contributed by atoms with E-state index in [0.29, 0.717) is 38.6 Å². The van der Waals surface area contributed by atoms with Crippen LogP contribution in [0.25, 0.3) is 0 Å². The Bertz CT molecular complexity index is 1030. The first-order valence-corrected chi connectivity index (χ1v) is 20.3. The van der Waals surface area contributed by atoms with Crippen molar-refractivity contribution in [1.29, 1.82) is 0 Å². The Hall–Kier alpha value is -3.19. The van der Waals surface area contributed by atoms with E-state index in [9.17, 15) is 19.5 Å². The molecule has 0 radical (unpaired) electrons. The third kappa shape index (κ3) is 35.0. The second-order valence-corrected chi connectivity index (χ2v) is 13.3. The van der Waals surface area contributed by atoms with Crippen LogP contribution in [-0.4, -0.2) is 41.6 Å². The highest BCUT2D eigenvalue weighted by Gasteiger charge is 2.19. The van der Waals surface area contributed by atoms with Crippen molar-refractivity contribution >= 4 is 17.8 Å². The lowest BCUT2D eigenvalue weighted by Crippen LogP contribution is -2.40. The number of carbonyl (C=O) groups excluding carboxylic acids is 2. The molecule has 290 valence electrons. The Labute approximate surface area is 312 Å². The molecule has 0 saturated heterocycles. The van der Waals surface area contributed by atoms with Crippen molar-refractivity contribution in [2.75, 3.05) is 6.54 Å². The maximum Gasteiger partial charge on any atom is 0.326 e. The topological polar surface area (TPSA) is 119 Å². The zero-order valence-electron chi connectivity index (χ0n) is 32.4. The van der Waals surface area contributed by atoms with Crippen LogP contribution in [0.1, 0.15) is 168 Å². The number of ether oxygens (including phenoxy) is 1. The molecule has 0 aromatic rings. The predicted octanol–water partition coefficient (Wildman–Crippen LogP) is 11.2. The summed E-state index contributed by atoms with van der Waals surface area (Å²) in [5, 5.41) is 11.9. The molecule has 7 nitrogen and oxygen atoms in total. The molecular formula is C44H74N2O5. The van der Waals surface area contributed by atoms with Crippen molar-refractivity contribution in [2.24, 2.45) is 5.73 Å². The minimum absolute atomic E-state index is 0.113. The molecule has 7 heteroatoms. The van der Waals surface area contributed by atoms with Crippen molar-refractivity contribution in [3.05, 3.63) is 72.9 Å². The summed E-state index contributed by atoms with van der Waals surface area (Å²) in [5.74, 6) is -1.36. The third-order valence-electron chi connectivity index (χ3n) is 8.47. The highest BCUT2D eigenvalue weighted by atomic mass is 16.5. The molecule has 0 heterocycles. The highest BCUT2D eigenvalue weighted by molar-refractivity contribution is 5.83. The standard InChI is InChI=1S/C44H74N2O5/c1-3-5-7-8-9-10-11-12-13-14-15-16-17-18-19-20-21-22-23-24-25-26-32-38-43(48)51-40(34-29-6-4-2)35-30-27-28-31-37-42(47)46-41(44(49)50)36-33-39-45/h5,7,9-10,12-13,15-16,18-19,29,34,40-41H,3-4,6,8,11,14,17,20-28,30-33,35-39,45H2,1-2H3,(H,46,47)(H,49,50)/b7-5-,10-9-,13-12-,16-15-,19-18-,34-29-. The van der Waals surface area contributed by atoms with Crippen LogP contribution in [0, 0.1) is 0 Å². The Morgan fingerprint density at radius 3 is 1.71 bits per heavy atom. The fourth-order valence-electron chi connectivity index (χ4n) is 5.45. The molecule has 0 spiro atoms. The van der Waals surface area contributed by atoms with Crippen molar-refractivity contribution < 1.29 is 24.2 Å². The number of aliphatic carboxylic acids is 1. The van der Waals surface area contributed by atoms with Gasteiger partial charge < -0.3 is 20.9 Å². The van der Waals surface area contributed by atoms with Gasteiger partial charge in [-0.15, -0.1) is 0 Å². The second-order valence-electron chi connectivity index (χ2n) is 13.3. The average Bonchev–Trinajstić information content (AvgIpc) is 3.11. The number of hydrogen-bond acceptors (Lipinski definition) is 5. The first kappa shape index (κ1) is 47.8. The molecule has 0 rings (SSSR count). The van der Waals surface area contributed by atoms with Crippen LogP contribution in [0.3, 0.4) is 0 Å². The molecule has 0 aliphatic heterocycles. The Kier molecular flexibility index (Phi) is 35.7.